The van der Waals surface area contributed by atoms with E-state index in [4.69, 9.17) is 5.73 Å². The molecule has 3 N–H and O–H groups in total. The molecule has 0 aliphatic carbocycles. The SMILES string of the molecule is Nc1n[nH]c(CCn2cnc3sc(-c4ccccc4)cc3c2=O)n1. The monoisotopic (exact) mass is 338 g/mol. The second-order valence-corrected chi connectivity index (χ2v) is 6.36. The zero-order valence-electron chi connectivity index (χ0n) is 12.6. The molecule has 0 unspecified atom stereocenters. The highest BCUT2D eigenvalue weighted by Crippen LogP contribution is 2.30. The van der Waals surface area contributed by atoms with Gasteiger partial charge >= 0.3 is 0 Å². The van der Waals surface area contributed by atoms with Crippen molar-refractivity contribution in [3.8, 4) is 10.4 Å². The fourth-order valence-corrected chi connectivity index (χ4v) is 3.51. The Kier molecular flexibility index (Phi) is 3.58. The fourth-order valence-electron chi connectivity index (χ4n) is 2.51. The molecule has 8 heteroatoms. The van der Waals surface area contributed by atoms with E-state index in [1.807, 2.05) is 36.4 Å². The first-order valence-corrected chi connectivity index (χ1v) is 8.23. The van der Waals surface area contributed by atoms with E-state index in [-0.39, 0.29) is 11.5 Å². The molecule has 4 rings (SSSR count). The number of benzene rings is 1. The summed E-state index contributed by atoms with van der Waals surface area (Å²) in [5, 5.41) is 7.15. The first-order chi connectivity index (χ1) is 11.7. The summed E-state index contributed by atoms with van der Waals surface area (Å²) in [4.78, 5) is 22.9. The number of anilines is 1. The number of nitrogens with one attached hydrogen (secondary N) is 1. The molecule has 0 bridgehead atoms. The summed E-state index contributed by atoms with van der Waals surface area (Å²) < 4.78 is 1.59. The molecule has 3 aromatic heterocycles. The van der Waals surface area contributed by atoms with Gasteiger partial charge < -0.3 is 5.73 Å². The number of hydrogen-bond donors (Lipinski definition) is 2. The molecule has 0 radical (unpaired) electrons. The van der Waals surface area contributed by atoms with Crippen molar-refractivity contribution in [2.75, 3.05) is 5.73 Å². The molecule has 4 aromatic rings. The lowest BCUT2D eigenvalue weighted by Crippen LogP contribution is -2.21. The van der Waals surface area contributed by atoms with E-state index in [1.54, 1.807) is 10.9 Å². The molecule has 0 atom stereocenters. The van der Waals surface area contributed by atoms with Crippen LogP contribution in [0.2, 0.25) is 0 Å². The molecule has 0 saturated heterocycles. The van der Waals surface area contributed by atoms with Gasteiger partial charge in [-0.2, -0.15) is 4.98 Å². The average molecular weight is 338 g/mol. The van der Waals surface area contributed by atoms with E-state index in [1.165, 1.54) is 11.3 Å². The van der Waals surface area contributed by atoms with Crippen LogP contribution in [0.25, 0.3) is 20.7 Å². The van der Waals surface area contributed by atoms with Gasteiger partial charge in [-0.3, -0.25) is 14.5 Å². The molecule has 3 heterocycles. The number of nitrogen functional groups attached to an aromatic ring is 1. The highest BCUT2D eigenvalue weighted by Gasteiger charge is 2.10. The minimum atomic E-state index is -0.0501. The quantitative estimate of drug-likeness (QED) is 0.593. The van der Waals surface area contributed by atoms with Gasteiger partial charge in [0.25, 0.3) is 5.56 Å². The van der Waals surface area contributed by atoms with Crippen molar-refractivity contribution in [2.45, 2.75) is 13.0 Å². The number of hydrogen-bond acceptors (Lipinski definition) is 6. The van der Waals surface area contributed by atoms with Crippen molar-refractivity contribution in [1.29, 1.82) is 0 Å². The van der Waals surface area contributed by atoms with Crippen molar-refractivity contribution >= 4 is 27.5 Å². The molecule has 0 fully saturated rings. The van der Waals surface area contributed by atoms with E-state index in [2.05, 4.69) is 20.2 Å². The summed E-state index contributed by atoms with van der Waals surface area (Å²) in [6, 6.07) is 11.9. The van der Waals surface area contributed by atoms with Gasteiger partial charge in [0, 0.05) is 17.8 Å². The number of aromatic amines is 1. The van der Waals surface area contributed by atoms with Gasteiger partial charge in [0.2, 0.25) is 5.95 Å². The maximum atomic E-state index is 12.7. The van der Waals surface area contributed by atoms with Crippen LogP contribution in [0.3, 0.4) is 0 Å². The smallest absolute Gasteiger partial charge is 0.262 e. The second-order valence-electron chi connectivity index (χ2n) is 5.33. The van der Waals surface area contributed by atoms with E-state index >= 15 is 0 Å². The number of H-pyrrole nitrogens is 1. The van der Waals surface area contributed by atoms with Crippen molar-refractivity contribution in [3.05, 3.63) is 58.9 Å². The molecule has 120 valence electrons. The highest BCUT2D eigenvalue weighted by molar-refractivity contribution is 7.21. The number of thiophene rings is 1. The topological polar surface area (TPSA) is 102 Å². The molecular weight excluding hydrogens is 324 g/mol. The van der Waals surface area contributed by atoms with E-state index in [0.717, 1.165) is 15.3 Å². The van der Waals surface area contributed by atoms with Gasteiger partial charge in [-0.1, -0.05) is 30.3 Å². The standard InChI is InChI=1S/C16H14N6OS/c17-16-19-13(20-21-16)6-7-22-9-18-14-11(15(22)23)8-12(24-14)10-4-2-1-3-5-10/h1-5,8-9H,6-7H2,(H3,17,19,20,21). The minimum absolute atomic E-state index is 0.0501. The molecular formula is C16H14N6OS. The molecule has 0 aliphatic heterocycles. The first-order valence-electron chi connectivity index (χ1n) is 7.42. The number of aromatic nitrogens is 5. The normalized spacial score (nSPS) is 11.2. The Labute approximate surface area is 140 Å². The van der Waals surface area contributed by atoms with E-state index < -0.39 is 0 Å². The van der Waals surface area contributed by atoms with Gasteiger partial charge in [-0.05, 0) is 11.6 Å². The summed E-state index contributed by atoms with van der Waals surface area (Å²) in [7, 11) is 0. The lowest BCUT2D eigenvalue weighted by atomic mass is 10.2. The van der Waals surface area contributed by atoms with Crippen LogP contribution in [0.1, 0.15) is 5.82 Å². The lowest BCUT2D eigenvalue weighted by molar-refractivity contribution is 0.645. The maximum Gasteiger partial charge on any atom is 0.262 e. The zero-order valence-corrected chi connectivity index (χ0v) is 13.5. The molecule has 0 spiro atoms. The number of nitrogens with zero attached hydrogens (tertiary/aromatic N) is 4. The molecule has 7 nitrogen and oxygen atoms in total. The Bertz CT molecular complexity index is 1050. The molecule has 1 aromatic carbocycles. The Balaban J connectivity index is 1.66. The number of rotatable bonds is 4. The second kappa shape index (κ2) is 5.89. The van der Waals surface area contributed by atoms with E-state index in [9.17, 15) is 4.79 Å². The van der Waals surface area contributed by atoms with Crippen LogP contribution in [-0.4, -0.2) is 24.7 Å². The lowest BCUT2D eigenvalue weighted by Gasteiger charge is -2.02. The first kappa shape index (κ1) is 14.6. The summed E-state index contributed by atoms with van der Waals surface area (Å²) in [5.74, 6) is 0.853. The zero-order chi connectivity index (χ0) is 16.5. The highest BCUT2D eigenvalue weighted by atomic mass is 32.1. The van der Waals surface area contributed by atoms with Crippen LogP contribution in [0.15, 0.2) is 47.5 Å². The van der Waals surface area contributed by atoms with Crippen LogP contribution < -0.4 is 11.3 Å². The van der Waals surface area contributed by atoms with Crippen LogP contribution in [-0.2, 0) is 13.0 Å². The molecule has 24 heavy (non-hydrogen) atoms. The fraction of sp³-hybridized carbons (Fsp3) is 0.125. The third-order valence-electron chi connectivity index (χ3n) is 3.71. The summed E-state index contributed by atoms with van der Waals surface area (Å²) in [6.45, 7) is 0.465. The van der Waals surface area contributed by atoms with Crippen LogP contribution >= 0.6 is 11.3 Å². The number of nitrogens with two attached hydrogens (primary N) is 1. The summed E-state index contributed by atoms with van der Waals surface area (Å²) in [5.41, 5.74) is 6.51. The van der Waals surface area contributed by atoms with Gasteiger partial charge in [0.05, 0.1) is 11.7 Å². The molecule has 0 saturated carbocycles. The van der Waals surface area contributed by atoms with Crippen molar-refractivity contribution in [1.82, 2.24) is 24.7 Å². The molecule has 0 aliphatic rings. The Hall–Kier alpha value is -3.00. The average Bonchev–Trinajstić information content (AvgIpc) is 3.22. The summed E-state index contributed by atoms with van der Waals surface area (Å²) in [6.07, 6.45) is 2.11. The van der Waals surface area contributed by atoms with E-state index in [0.29, 0.717) is 24.2 Å². The Morgan fingerprint density at radius 1 is 1.25 bits per heavy atom. The van der Waals surface area contributed by atoms with Gasteiger partial charge in [0.15, 0.2) is 0 Å². The third-order valence-corrected chi connectivity index (χ3v) is 4.81. The number of aryl methyl sites for hydroxylation is 2. The predicted molar refractivity (Wildman–Crippen MR) is 93.8 cm³/mol. The van der Waals surface area contributed by atoms with Crippen molar-refractivity contribution in [2.24, 2.45) is 0 Å². The minimum Gasteiger partial charge on any atom is -0.367 e. The van der Waals surface area contributed by atoms with Crippen LogP contribution in [0.5, 0.6) is 0 Å². The van der Waals surface area contributed by atoms with Crippen molar-refractivity contribution in [3.63, 3.8) is 0 Å². The van der Waals surface area contributed by atoms with Crippen LogP contribution in [0, 0.1) is 0 Å². The van der Waals surface area contributed by atoms with Gasteiger partial charge in [-0.15, -0.1) is 16.4 Å². The Morgan fingerprint density at radius 3 is 2.83 bits per heavy atom. The van der Waals surface area contributed by atoms with Crippen molar-refractivity contribution < 1.29 is 0 Å². The van der Waals surface area contributed by atoms with Crippen LogP contribution in [0.4, 0.5) is 5.95 Å². The Morgan fingerprint density at radius 2 is 2.08 bits per heavy atom. The third kappa shape index (κ3) is 2.67. The number of fused-ring (bicyclic) bond motifs is 1. The van der Waals surface area contributed by atoms with Gasteiger partial charge in [0.1, 0.15) is 10.7 Å². The van der Waals surface area contributed by atoms with Gasteiger partial charge in [-0.25, -0.2) is 4.98 Å². The summed E-state index contributed by atoms with van der Waals surface area (Å²) >= 11 is 1.52. The molecule has 0 amide bonds. The maximum absolute atomic E-state index is 12.7. The predicted octanol–water partition coefficient (Wildman–Crippen LogP) is 2.07. The largest absolute Gasteiger partial charge is 0.367 e.